The maximum absolute atomic E-state index is 11.8. The molecule has 1 rings (SSSR count). The number of hydrogen-bond acceptors (Lipinski definition) is 5. The van der Waals surface area contributed by atoms with Crippen LogP contribution in [0.25, 0.3) is 0 Å². The van der Waals surface area contributed by atoms with Gasteiger partial charge in [0.2, 0.25) is 0 Å². The Morgan fingerprint density at radius 1 is 1.50 bits per heavy atom. The summed E-state index contributed by atoms with van der Waals surface area (Å²) in [5.41, 5.74) is 0. The van der Waals surface area contributed by atoms with Crippen molar-refractivity contribution in [2.75, 3.05) is 13.7 Å². The second-order valence-electron chi connectivity index (χ2n) is 2.26. The lowest BCUT2D eigenvalue weighted by atomic mass is 10.7. The van der Waals surface area contributed by atoms with E-state index in [2.05, 4.69) is 25.0 Å². The summed E-state index contributed by atoms with van der Waals surface area (Å²) in [4.78, 5) is 0. The molecular weight excluding hydrogens is 205 g/mol. The molecule has 0 bridgehead atoms. The quantitative estimate of drug-likeness (QED) is 0.674. The minimum atomic E-state index is -4.41. The van der Waals surface area contributed by atoms with Gasteiger partial charge < -0.3 is 9.47 Å². The second kappa shape index (κ2) is 4.33. The molecule has 0 saturated heterocycles. The van der Waals surface area contributed by atoms with Crippen LogP contribution < -0.4 is 0 Å². The molecule has 1 aromatic heterocycles. The van der Waals surface area contributed by atoms with Crippen LogP contribution in [0.5, 0.6) is 0 Å². The van der Waals surface area contributed by atoms with Crippen LogP contribution in [0.1, 0.15) is 6.41 Å². The van der Waals surface area contributed by atoms with Crippen molar-refractivity contribution in [2.45, 2.75) is 12.6 Å². The van der Waals surface area contributed by atoms with E-state index in [1.165, 1.54) is 7.11 Å². The van der Waals surface area contributed by atoms with Gasteiger partial charge in [0, 0.05) is 7.11 Å². The molecule has 1 unspecified atom stereocenters. The van der Waals surface area contributed by atoms with Crippen LogP contribution in [0.4, 0.5) is 13.2 Å². The van der Waals surface area contributed by atoms with E-state index in [4.69, 9.17) is 0 Å². The molecule has 14 heavy (non-hydrogen) atoms. The van der Waals surface area contributed by atoms with Crippen molar-refractivity contribution in [1.29, 1.82) is 0 Å². The third-order valence-corrected chi connectivity index (χ3v) is 1.17. The highest BCUT2D eigenvalue weighted by Gasteiger charge is 2.30. The highest BCUT2D eigenvalue weighted by atomic mass is 19.4. The number of alkyl halides is 3. The minimum Gasteiger partial charge on any atom is -0.337 e. The first kappa shape index (κ1) is 10.9. The van der Waals surface area contributed by atoms with Crippen molar-refractivity contribution in [1.82, 2.24) is 20.2 Å². The van der Waals surface area contributed by atoms with Crippen molar-refractivity contribution >= 4 is 0 Å². The number of methoxy groups -OCH3 is 1. The summed E-state index contributed by atoms with van der Waals surface area (Å²) in [6.45, 7) is -1.43. The molecule has 0 aromatic carbocycles. The Labute approximate surface area is 76.6 Å². The summed E-state index contributed by atoms with van der Waals surface area (Å²) < 4.78 is 45.1. The van der Waals surface area contributed by atoms with Gasteiger partial charge in [0.1, 0.15) is 12.9 Å². The minimum absolute atomic E-state index is 0.922. The lowest BCUT2D eigenvalue weighted by Gasteiger charge is -2.15. The molecule has 1 atom stereocenters. The number of hydrogen-bond donors (Lipinski definition) is 0. The Kier molecular flexibility index (Phi) is 3.36. The maximum atomic E-state index is 11.8. The Bertz CT molecular complexity index is 262. The fourth-order valence-corrected chi connectivity index (χ4v) is 0.683. The highest BCUT2D eigenvalue weighted by Crippen LogP contribution is 2.18. The van der Waals surface area contributed by atoms with E-state index in [1.807, 2.05) is 0 Å². The fraction of sp³-hybridized carbons (Fsp3) is 0.800. The third kappa shape index (κ3) is 3.26. The predicted octanol–water partition coefficient (Wildman–Crippen LogP) is 0.355. The summed E-state index contributed by atoms with van der Waals surface area (Å²) in [6, 6.07) is 0. The molecule has 1 aromatic rings. The zero-order valence-corrected chi connectivity index (χ0v) is 7.10. The Hall–Kier alpha value is -1.22. The van der Waals surface area contributed by atoms with Gasteiger partial charge in [0.25, 0.3) is 6.41 Å². The molecule has 6 nitrogen and oxygen atoms in total. The van der Waals surface area contributed by atoms with Crippen molar-refractivity contribution in [3.8, 4) is 0 Å². The molecule has 0 radical (unpaired) electrons. The van der Waals surface area contributed by atoms with Gasteiger partial charge in [-0.15, -0.1) is 5.10 Å². The fourth-order valence-electron chi connectivity index (χ4n) is 0.683. The second-order valence-corrected chi connectivity index (χ2v) is 2.26. The van der Waals surface area contributed by atoms with Crippen molar-refractivity contribution in [3.63, 3.8) is 0 Å². The van der Waals surface area contributed by atoms with Crippen molar-refractivity contribution in [2.24, 2.45) is 0 Å². The molecular formula is C5H7F3N4O2. The van der Waals surface area contributed by atoms with Crippen LogP contribution in [-0.4, -0.2) is 40.1 Å². The van der Waals surface area contributed by atoms with Gasteiger partial charge in [-0.3, -0.25) is 0 Å². The molecule has 0 aliphatic carbocycles. The van der Waals surface area contributed by atoms with Gasteiger partial charge in [-0.1, -0.05) is 0 Å². The normalized spacial score (nSPS) is 14.3. The zero-order chi connectivity index (χ0) is 10.6. The van der Waals surface area contributed by atoms with Crippen LogP contribution >= 0.6 is 0 Å². The number of tetrazole rings is 1. The molecule has 0 saturated carbocycles. The molecule has 0 N–H and O–H groups in total. The molecule has 0 aliphatic rings. The molecule has 9 heteroatoms. The van der Waals surface area contributed by atoms with E-state index < -0.39 is 19.2 Å². The van der Waals surface area contributed by atoms with Gasteiger partial charge in [-0.2, -0.15) is 17.9 Å². The van der Waals surface area contributed by atoms with Crippen molar-refractivity contribution < 1.29 is 22.6 Å². The largest absolute Gasteiger partial charge is 0.411 e. The number of rotatable bonds is 4. The monoisotopic (exact) mass is 212 g/mol. The average Bonchev–Trinajstić information content (AvgIpc) is 2.56. The van der Waals surface area contributed by atoms with Gasteiger partial charge in [-0.05, 0) is 10.4 Å². The summed E-state index contributed by atoms with van der Waals surface area (Å²) in [6.07, 6.45) is -4.60. The summed E-state index contributed by atoms with van der Waals surface area (Å²) in [7, 11) is 1.18. The Morgan fingerprint density at radius 2 is 2.21 bits per heavy atom. The van der Waals surface area contributed by atoms with Gasteiger partial charge in [-0.25, -0.2) is 0 Å². The lowest BCUT2D eigenvalue weighted by Crippen LogP contribution is -2.23. The SMILES string of the molecule is COC(OCC(F)(F)F)n1cnnn1. The van der Waals surface area contributed by atoms with Gasteiger partial charge >= 0.3 is 6.18 Å². The Morgan fingerprint density at radius 3 is 2.64 bits per heavy atom. The first-order chi connectivity index (χ1) is 6.53. The lowest BCUT2D eigenvalue weighted by molar-refractivity contribution is -0.250. The van der Waals surface area contributed by atoms with Crippen LogP contribution in [0.15, 0.2) is 6.33 Å². The first-order valence-electron chi connectivity index (χ1n) is 3.46. The first-order valence-corrected chi connectivity index (χ1v) is 3.46. The predicted molar refractivity (Wildman–Crippen MR) is 35.9 cm³/mol. The standard InChI is InChI=1S/C5H7F3N4O2/c1-13-4(12-3-9-10-11-12)14-2-5(6,7)8/h3-4H,2H2,1H3. The van der Waals surface area contributed by atoms with Crippen LogP contribution in [0.2, 0.25) is 0 Å². The molecule has 0 fully saturated rings. The van der Waals surface area contributed by atoms with Crippen LogP contribution in [0.3, 0.4) is 0 Å². The van der Waals surface area contributed by atoms with Gasteiger partial charge in [0.15, 0.2) is 0 Å². The van der Waals surface area contributed by atoms with Crippen molar-refractivity contribution in [3.05, 3.63) is 6.33 Å². The topological polar surface area (TPSA) is 62.1 Å². The summed E-state index contributed by atoms with van der Waals surface area (Å²) in [5, 5.41) is 9.78. The maximum Gasteiger partial charge on any atom is 0.411 e. The van der Waals surface area contributed by atoms with E-state index in [9.17, 15) is 13.2 Å². The summed E-state index contributed by atoms with van der Waals surface area (Å²) in [5.74, 6) is 0. The zero-order valence-electron chi connectivity index (χ0n) is 7.10. The van der Waals surface area contributed by atoms with E-state index >= 15 is 0 Å². The average molecular weight is 212 g/mol. The highest BCUT2D eigenvalue weighted by molar-refractivity contribution is 4.50. The molecule has 0 spiro atoms. The number of halogens is 3. The van der Waals surface area contributed by atoms with E-state index in [-0.39, 0.29) is 0 Å². The van der Waals surface area contributed by atoms with E-state index in [1.54, 1.807) is 0 Å². The third-order valence-electron chi connectivity index (χ3n) is 1.17. The van der Waals surface area contributed by atoms with Crippen LogP contribution in [0, 0.1) is 0 Å². The number of aromatic nitrogens is 4. The molecule has 0 aliphatic heterocycles. The van der Waals surface area contributed by atoms with E-state index in [0.29, 0.717) is 0 Å². The molecule has 80 valence electrons. The molecule has 0 amide bonds. The number of nitrogens with zero attached hydrogens (tertiary/aromatic N) is 4. The number of ether oxygens (including phenoxy) is 2. The van der Waals surface area contributed by atoms with E-state index in [0.717, 1.165) is 11.0 Å². The van der Waals surface area contributed by atoms with Crippen LogP contribution in [-0.2, 0) is 9.47 Å². The Balaban J connectivity index is 2.49. The van der Waals surface area contributed by atoms with Gasteiger partial charge in [0.05, 0.1) is 0 Å². The summed E-state index contributed by atoms with van der Waals surface area (Å²) >= 11 is 0. The smallest absolute Gasteiger partial charge is 0.337 e. The molecule has 1 heterocycles.